The van der Waals surface area contributed by atoms with Gasteiger partial charge in [-0.15, -0.1) is 10.2 Å². The van der Waals surface area contributed by atoms with Crippen molar-refractivity contribution in [3.63, 3.8) is 0 Å². The largest absolute Gasteiger partial charge is 0.394 e. The molecule has 1 atom stereocenters. The Morgan fingerprint density at radius 2 is 2.33 bits per heavy atom. The summed E-state index contributed by atoms with van der Waals surface area (Å²) < 4.78 is 0. The predicted molar refractivity (Wildman–Crippen MR) is 75.4 cm³/mol. The predicted octanol–water partition coefficient (Wildman–Crippen LogP) is 0.854. The highest BCUT2D eigenvalue weighted by Gasteiger charge is 2.27. The summed E-state index contributed by atoms with van der Waals surface area (Å²) in [6.07, 6.45) is 2.89. The van der Waals surface area contributed by atoms with Crippen molar-refractivity contribution >= 4 is 5.91 Å². The molecule has 1 aromatic heterocycles. The van der Waals surface area contributed by atoms with Gasteiger partial charge in [0.25, 0.3) is 5.91 Å². The van der Waals surface area contributed by atoms with Crippen LogP contribution in [0.25, 0.3) is 11.4 Å². The summed E-state index contributed by atoms with van der Waals surface area (Å²) >= 11 is 0. The molecule has 3 rings (SSSR count). The number of H-pyrrole nitrogens is 1. The second-order valence-electron chi connectivity index (χ2n) is 5.15. The number of tetrazole rings is 1. The lowest BCUT2D eigenvalue weighted by molar-refractivity contribution is 0.0503. The first-order chi connectivity index (χ1) is 10.3. The van der Waals surface area contributed by atoms with Crippen molar-refractivity contribution in [2.75, 3.05) is 13.2 Å². The van der Waals surface area contributed by atoms with Crippen LogP contribution in [0.2, 0.25) is 0 Å². The third kappa shape index (κ3) is 2.78. The van der Waals surface area contributed by atoms with E-state index in [0.717, 1.165) is 24.8 Å². The van der Waals surface area contributed by atoms with Gasteiger partial charge in [0, 0.05) is 17.7 Å². The maximum absolute atomic E-state index is 12.6. The minimum Gasteiger partial charge on any atom is -0.394 e. The number of carbonyl (C=O) groups is 1. The van der Waals surface area contributed by atoms with E-state index in [0.29, 0.717) is 17.9 Å². The van der Waals surface area contributed by atoms with E-state index in [4.69, 9.17) is 0 Å². The van der Waals surface area contributed by atoms with Gasteiger partial charge in [0.1, 0.15) is 0 Å². The standard InChI is InChI=1S/C14H17N5O2/c20-9-12-6-1-2-7-19(12)14(21)11-5-3-4-10(8-11)13-15-17-18-16-13/h3-5,8,12,20H,1-2,6-7,9H2,(H,15,16,17,18). The molecule has 21 heavy (non-hydrogen) atoms. The first-order valence-corrected chi connectivity index (χ1v) is 7.05. The third-order valence-corrected chi connectivity index (χ3v) is 3.81. The minimum absolute atomic E-state index is 0.0102. The number of benzene rings is 1. The number of aliphatic hydroxyl groups excluding tert-OH is 1. The Balaban J connectivity index is 1.86. The molecule has 1 saturated heterocycles. The summed E-state index contributed by atoms with van der Waals surface area (Å²) in [6.45, 7) is 0.701. The Labute approximate surface area is 122 Å². The van der Waals surface area contributed by atoms with Gasteiger partial charge in [-0.1, -0.05) is 12.1 Å². The molecular formula is C14H17N5O2. The van der Waals surface area contributed by atoms with Gasteiger partial charge >= 0.3 is 0 Å². The highest BCUT2D eigenvalue weighted by molar-refractivity contribution is 5.95. The quantitative estimate of drug-likeness (QED) is 0.872. The molecule has 110 valence electrons. The van der Waals surface area contributed by atoms with Gasteiger partial charge in [0.05, 0.1) is 12.6 Å². The normalized spacial score (nSPS) is 18.7. The number of nitrogens with zero attached hydrogens (tertiary/aromatic N) is 4. The van der Waals surface area contributed by atoms with Crippen molar-refractivity contribution in [2.45, 2.75) is 25.3 Å². The number of carbonyl (C=O) groups excluding carboxylic acids is 1. The van der Waals surface area contributed by atoms with E-state index in [-0.39, 0.29) is 18.6 Å². The summed E-state index contributed by atoms with van der Waals surface area (Å²) in [4.78, 5) is 14.4. The lowest BCUT2D eigenvalue weighted by atomic mass is 10.0. The summed E-state index contributed by atoms with van der Waals surface area (Å²) in [7, 11) is 0. The monoisotopic (exact) mass is 287 g/mol. The number of aromatic nitrogens is 4. The first kappa shape index (κ1) is 13.7. The van der Waals surface area contributed by atoms with Gasteiger partial charge in [0.2, 0.25) is 5.82 Å². The van der Waals surface area contributed by atoms with Crippen molar-refractivity contribution in [1.82, 2.24) is 25.5 Å². The summed E-state index contributed by atoms with van der Waals surface area (Å²) in [5, 5.41) is 23.2. The Morgan fingerprint density at radius 1 is 1.43 bits per heavy atom. The maximum atomic E-state index is 12.6. The maximum Gasteiger partial charge on any atom is 0.254 e. The van der Waals surface area contributed by atoms with Crippen molar-refractivity contribution < 1.29 is 9.90 Å². The van der Waals surface area contributed by atoms with Crippen LogP contribution in [0.3, 0.4) is 0 Å². The average Bonchev–Trinajstić information content (AvgIpc) is 3.09. The smallest absolute Gasteiger partial charge is 0.254 e. The van der Waals surface area contributed by atoms with E-state index in [1.54, 1.807) is 23.1 Å². The van der Waals surface area contributed by atoms with Crippen molar-refractivity contribution in [2.24, 2.45) is 0 Å². The molecule has 0 saturated carbocycles. The van der Waals surface area contributed by atoms with Crippen LogP contribution in [0.15, 0.2) is 24.3 Å². The van der Waals surface area contributed by atoms with Gasteiger partial charge in [-0.3, -0.25) is 4.79 Å². The molecule has 7 nitrogen and oxygen atoms in total. The van der Waals surface area contributed by atoms with E-state index < -0.39 is 0 Å². The van der Waals surface area contributed by atoms with Gasteiger partial charge < -0.3 is 10.0 Å². The van der Waals surface area contributed by atoms with E-state index in [1.807, 2.05) is 6.07 Å². The number of aromatic amines is 1. The van der Waals surface area contributed by atoms with Crippen LogP contribution < -0.4 is 0 Å². The molecule has 1 unspecified atom stereocenters. The molecule has 1 fully saturated rings. The molecule has 2 heterocycles. The minimum atomic E-state index is -0.0833. The second kappa shape index (κ2) is 6.01. The molecule has 2 N–H and O–H groups in total. The highest BCUT2D eigenvalue weighted by Crippen LogP contribution is 2.21. The number of hydrogen-bond donors (Lipinski definition) is 2. The van der Waals surface area contributed by atoms with E-state index >= 15 is 0 Å². The number of aliphatic hydroxyl groups is 1. The molecule has 7 heteroatoms. The molecule has 1 aliphatic rings. The highest BCUT2D eigenvalue weighted by atomic mass is 16.3. The number of amides is 1. The van der Waals surface area contributed by atoms with Gasteiger partial charge in [0.15, 0.2) is 0 Å². The summed E-state index contributed by atoms with van der Waals surface area (Å²) in [5.74, 6) is 0.404. The fourth-order valence-corrected chi connectivity index (χ4v) is 2.70. The Hall–Kier alpha value is -2.28. The van der Waals surface area contributed by atoms with Crippen molar-refractivity contribution in [3.8, 4) is 11.4 Å². The fourth-order valence-electron chi connectivity index (χ4n) is 2.70. The SMILES string of the molecule is O=C(c1cccc(-c2nn[nH]n2)c1)N1CCCCC1CO. The summed E-state index contributed by atoms with van der Waals surface area (Å²) in [5.41, 5.74) is 1.32. The van der Waals surface area contributed by atoms with E-state index in [1.165, 1.54) is 0 Å². The summed E-state index contributed by atoms with van der Waals surface area (Å²) in [6, 6.07) is 7.09. The van der Waals surface area contributed by atoms with Crippen LogP contribution in [0.4, 0.5) is 0 Å². The number of nitrogens with one attached hydrogen (secondary N) is 1. The third-order valence-electron chi connectivity index (χ3n) is 3.81. The second-order valence-corrected chi connectivity index (χ2v) is 5.15. The number of hydrogen-bond acceptors (Lipinski definition) is 5. The van der Waals surface area contributed by atoms with E-state index in [2.05, 4.69) is 20.6 Å². The molecule has 0 bridgehead atoms. The van der Waals surface area contributed by atoms with Crippen LogP contribution in [-0.2, 0) is 0 Å². The first-order valence-electron chi connectivity index (χ1n) is 7.05. The molecule has 0 aliphatic carbocycles. The Bertz CT molecular complexity index is 614. The molecule has 2 aromatic rings. The molecule has 1 aromatic carbocycles. The zero-order chi connectivity index (χ0) is 14.7. The zero-order valence-corrected chi connectivity index (χ0v) is 11.6. The van der Waals surface area contributed by atoms with Crippen molar-refractivity contribution in [1.29, 1.82) is 0 Å². The van der Waals surface area contributed by atoms with Crippen LogP contribution in [0, 0.1) is 0 Å². The number of rotatable bonds is 3. The fraction of sp³-hybridized carbons (Fsp3) is 0.429. The Kier molecular flexibility index (Phi) is 3.92. The lowest BCUT2D eigenvalue weighted by Crippen LogP contribution is -2.45. The average molecular weight is 287 g/mol. The molecule has 0 spiro atoms. The van der Waals surface area contributed by atoms with Crippen LogP contribution in [0.5, 0.6) is 0 Å². The van der Waals surface area contributed by atoms with Gasteiger partial charge in [-0.25, -0.2) is 0 Å². The molecule has 1 amide bonds. The molecule has 0 radical (unpaired) electrons. The molecular weight excluding hydrogens is 270 g/mol. The van der Waals surface area contributed by atoms with E-state index in [9.17, 15) is 9.90 Å². The van der Waals surface area contributed by atoms with Crippen LogP contribution >= 0.6 is 0 Å². The van der Waals surface area contributed by atoms with Crippen LogP contribution in [0.1, 0.15) is 29.6 Å². The lowest BCUT2D eigenvalue weighted by Gasteiger charge is -2.34. The van der Waals surface area contributed by atoms with Crippen molar-refractivity contribution in [3.05, 3.63) is 29.8 Å². The number of likely N-dealkylation sites (tertiary alicyclic amines) is 1. The zero-order valence-electron chi connectivity index (χ0n) is 11.6. The van der Waals surface area contributed by atoms with Gasteiger partial charge in [-0.2, -0.15) is 5.21 Å². The topological polar surface area (TPSA) is 95.0 Å². The molecule has 1 aliphatic heterocycles. The Morgan fingerprint density at radius 3 is 3.10 bits per heavy atom. The number of piperidine rings is 1. The van der Waals surface area contributed by atoms with Gasteiger partial charge in [-0.05, 0) is 36.6 Å². The van der Waals surface area contributed by atoms with Crippen LogP contribution in [-0.4, -0.2) is 55.7 Å².